The van der Waals surface area contributed by atoms with Gasteiger partial charge in [-0.25, -0.2) is 0 Å². The van der Waals surface area contributed by atoms with E-state index in [0.29, 0.717) is 25.4 Å². The molecule has 1 saturated heterocycles. The van der Waals surface area contributed by atoms with Crippen molar-refractivity contribution in [1.82, 2.24) is 19.0 Å². The normalized spacial score (nSPS) is 16.7. The Morgan fingerprint density at radius 2 is 2.29 bits per heavy atom. The Bertz CT molecular complexity index is 410. The van der Waals surface area contributed by atoms with Gasteiger partial charge in [0.25, 0.3) is 0 Å². The van der Waals surface area contributed by atoms with E-state index >= 15 is 0 Å². The molecule has 1 aliphatic heterocycles. The van der Waals surface area contributed by atoms with Crippen molar-refractivity contribution in [2.75, 3.05) is 32.8 Å². The maximum Gasteiger partial charge on any atom is 0.245 e. The number of aliphatic hydroxyl groups excluding tert-OH is 1. The summed E-state index contributed by atoms with van der Waals surface area (Å²) >= 11 is 1.07. The molecular weight excluding hydrogens is 292 g/mol. The molecule has 21 heavy (non-hydrogen) atoms. The molecule has 0 aromatic carbocycles. The zero-order chi connectivity index (χ0) is 14.9. The summed E-state index contributed by atoms with van der Waals surface area (Å²) in [6, 6.07) is 0. The van der Waals surface area contributed by atoms with E-state index in [2.05, 4.69) is 14.1 Å². The van der Waals surface area contributed by atoms with Crippen LogP contribution in [-0.2, 0) is 4.79 Å². The number of aliphatic hydroxyl groups is 1. The summed E-state index contributed by atoms with van der Waals surface area (Å²) < 4.78 is 12.9. The Kier molecular flexibility index (Phi) is 6.84. The number of aromatic nitrogens is 2. The van der Waals surface area contributed by atoms with Crippen LogP contribution < -0.4 is 10.1 Å². The van der Waals surface area contributed by atoms with Crippen LogP contribution in [0.2, 0.25) is 0 Å². The smallest absolute Gasteiger partial charge is 0.245 e. The monoisotopic (exact) mass is 314 g/mol. The van der Waals surface area contributed by atoms with Crippen LogP contribution in [0.5, 0.6) is 5.88 Å². The predicted octanol–water partition coefficient (Wildman–Crippen LogP) is 0.270. The minimum Gasteiger partial charge on any atom is -0.473 e. The highest BCUT2D eigenvalue weighted by Crippen LogP contribution is 2.09. The van der Waals surface area contributed by atoms with Gasteiger partial charge in [0.05, 0.1) is 11.7 Å². The van der Waals surface area contributed by atoms with Crippen molar-refractivity contribution >= 4 is 17.6 Å². The van der Waals surface area contributed by atoms with Gasteiger partial charge >= 0.3 is 0 Å². The average Bonchev–Trinajstić information content (AvgIpc) is 3.03. The summed E-state index contributed by atoms with van der Waals surface area (Å²) in [6.45, 7) is 2.90. The first-order chi connectivity index (χ1) is 10.3. The van der Waals surface area contributed by atoms with Crippen LogP contribution in [-0.4, -0.2) is 63.6 Å². The second-order valence-corrected chi connectivity index (χ2v) is 5.66. The Balaban J connectivity index is 1.51. The summed E-state index contributed by atoms with van der Waals surface area (Å²) in [5.74, 6) is 0.626. The molecule has 0 radical (unpaired) electrons. The number of hydrogen-bond acceptors (Lipinski definition) is 7. The molecule has 0 saturated carbocycles. The number of nitrogens with zero attached hydrogens (tertiary/aromatic N) is 3. The van der Waals surface area contributed by atoms with Gasteiger partial charge in [-0.2, -0.15) is 4.37 Å². The third-order valence-corrected chi connectivity index (χ3v) is 3.83. The summed E-state index contributed by atoms with van der Waals surface area (Å²) in [5, 5.41) is 12.8. The van der Waals surface area contributed by atoms with Crippen molar-refractivity contribution in [1.29, 1.82) is 0 Å². The van der Waals surface area contributed by atoms with E-state index in [-0.39, 0.29) is 12.5 Å². The van der Waals surface area contributed by atoms with E-state index in [1.807, 2.05) is 4.90 Å². The van der Waals surface area contributed by atoms with E-state index in [9.17, 15) is 9.90 Å². The zero-order valence-corrected chi connectivity index (χ0v) is 12.8. The number of piperidine rings is 1. The first-order valence-corrected chi connectivity index (χ1v) is 8.05. The van der Waals surface area contributed by atoms with Gasteiger partial charge in [0.2, 0.25) is 11.8 Å². The summed E-state index contributed by atoms with van der Waals surface area (Å²) in [7, 11) is 0. The van der Waals surface area contributed by atoms with Crippen LogP contribution in [0.3, 0.4) is 0 Å². The molecule has 1 aromatic rings. The lowest BCUT2D eigenvalue weighted by Gasteiger charge is -2.26. The fourth-order valence-corrected chi connectivity index (χ4v) is 2.59. The summed E-state index contributed by atoms with van der Waals surface area (Å²) in [6.07, 6.45) is 4.81. The van der Waals surface area contributed by atoms with Gasteiger partial charge in [-0.05, 0) is 19.3 Å². The number of ether oxygens (including phenoxy) is 1. The molecule has 1 unspecified atom stereocenters. The molecule has 8 heteroatoms. The Morgan fingerprint density at radius 3 is 3.00 bits per heavy atom. The van der Waals surface area contributed by atoms with Gasteiger partial charge in [-0.1, -0.05) is 0 Å². The molecule has 1 aliphatic rings. The van der Waals surface area contributed by atoms with Crippen molar-refractivity contribution < 1.29 is 14.6 Å². The Hall–Kier alpha value is -1.25. The number of rotatable bonds is 8. The summed E-state index contributed by atoms with van der Waals surface area (Å²) in [5.41, 5.74) is 0. The standard InChI is InChI=1S/C13H22N4O3S/c18-11(10-20-12-9-15-21-16-12)8-14-5-4-13(19)17-6-2-1-3-7-17/h9,11,14,18H,1-8,10H2. The van der Waals surface area contributed by atoms with E-state index < -0.39 is 6.10 Å². The van der Waals surface area contributed by atoms with Crippen molar-refractivity contribution in [2.24, 2.45) is 0 Å². The van der Waals surface area contributed by atoms with Crippen molar-refractivity contribution in [3.05, 3.63) is 6.20 Å². The molecule has 0 aliphatic carbocycles. The molecule has 0 spiro atoms. The maximum absolute atomic E-state index is 11.9. The third kappa shape index (κ3) is 5.94. The summed E-state index contributed by atoms with van der Waals surface area (Å²) in [4.78, 5) is 13.8. The zero-order valence-electron chi connectivity index (χ0n) is 12.0. The highest BCUT2D eigenvalue weighted by molar-refractivity contribution is 6.99. The fraction of sp³-hybridized carbons (Fsp3) is 0.769. The number of carbonyl (C=O) groups is 1. The molecule has 2 heterocycles. The number of likely N-dealkylation sites (tertiary alicyclic amines) is 1. The second kappa shape index (κ2) is 8.91. The van der Waals surface area contributed by atoms with E-state index in [4.69, 9.17) is 4.74 Å². The van der Waals surface area contributed by atoms with Crippen LogP contribution in [0.4, 0.5) is 0 Å². The van der Waals surface area contributed by atoms with Gasteiger partial charge in [0.15, 0.2) is 0 Å². The van der Waals surface area contributed by atoms with Crippen LogP contribution in [0.25, 0.3) is 0 Å². The van der Waals surface area contributed by atoms with Crippen molar-refractivity contribution in [3.8, 4) is 5.88 Å². The minimum absolute atomic E-state index is 0.165. The number of nitrogens with one attached hydrogen (secondary N) is 1. The lowest BCUT2D eigenvalue weighted by molar-refractivity contribution is -0.132. The lowest BCUT2D eigenvalue weighted by Crippen LogP contribution is -2.38. The molecule has 1 fully saturated rings. The van der Waals surface area contributed by atoms with Gasteiger partial charge in [-0.15, -0.1) is 4.37 Å². The molecule has 7 nitrogen and oxygen atoms in total. The molecule has 0 bridgehead atoms. The van der Waals surface area contributed by atoms with Crippen LogP contribution in [0, 0.1) is 0 Å². The van der Waals surface area contributed by atoms with Crippen LogP contribution in [0.1, 0.15) is 25.7 Å². The number of hydrogen-bond donors (Lipinski definition) is 2. The van der Waals surface area contributed by atoms with Crippen molar-refractivity contribution in [2.45, 2.75) is 31.8 Å². The number of carbonyl (C=O) groups excluding carboxylic acids is 1. The van der Waals surface area contributed by atoms with Gasteiger partial charge in [0.1, 0.15) is 18.9 Å². The highest BCUT2D eigenvalue weighted by atomic mass is 32.1. The van der Waals surface area contributed by atoms with Crippen LogP contribution >= 0.6 is 11.7 Å². The predicted molar refractivity (Wildman–Crippen MR) is 79.3 cm³/mol. The minimum atomic E-state index is -0.628. The van der Waals surface area contributed by atoms with E-state index in [0.717, 1.165) is 37.7 Å². The topological polar surface area (TPSA) is 87.6 Å². The molecule has 1 amide bonds. The molecule has 1 aromatic heterocycles. The van der Waals surface area contributed by atoms with E-state index in [1.165, 1.54) is 12.6 Å². The Labute approximate surface area is 128 Å². The molecular formula is C13H22N4O3S. The first kappa shape index (κ1) is 16.1. The maximum atomic E-state index is 11.9. The van der Waals surface area contributed by atoms with Gasteiger partial charge < -0.3 is 20.1 Å². The second-order valence-electron chi connectivity index (χ2n) is 5.11. The highest BCUT2D eigenvalue weighted by Gasteiger charge is 2.15. The molecule has 1 atom stereocenters. The van der Waals surface area contributed by atoms with Gasteiger partial charge in [-0.3, -0.25) is 4.79 Å². The van der Waals surface area contributed by atoms with Crippen molar-refractivity contribution in [3.63, 3.8) is 0 Å². The SMILES string of the molecule is O=C(CCNCC(O)COc1cnsn1)N1CCCCC1. The molecule has 118 valence electrons. The van der Waals surface area contributed by atoms with E-state index in [1.54, 1.807) is 0 Å². The van der Waals surface area contributed by atoms with Gasteiger partial charge in [0, 0.05) is 32.6 Å². The third-order valence-electron chi connectivity index (χ3n) is 3.37. The molecule has 2 N–H and O–H groups in total. The fourth-order valence-electron chi connectivity index (χ4n) is 2.23. The molecule has 2 rings (SSSR count). The average molecular weight is 314 g/mol. The Morgan fingerprint density at radius 1 is 1.48 bits per heavy atom. The van der Waals surface area contributed by atoms with Crippen LogP contribution in [0.15, 0.2) is 6.20 Å². The first-order valence-electron chi connectivity index (χ1n) is 7.32. The lowest BCUT2D eigenvalue weighted by atomic mass is 10.1. The number of amides is 1. The largest absolute Gasteiger partial charge is 0.473 e. The quantitative estimate of drug-likeness (QED) is 0.670.